The summed E-state index contributed by atoms with van der Waals surface area (Å²) in [5.74, 6) is 1.76. The molecule has 0 saturated heterocycles. The molecule has 0 aliphatic carbocycles. The number of para-hydroxylation sites is 4. The van der Waals surface area contributed by atoms with Gasteiger partial charge in [-0.15, -0.1) is 0 Å². The highest BCUT2D eigenvalue weighted by molar-refractivity contribution is 9.10. The van der Waals surface area contributed by atoms with Gasteiger partial charge in [0.25, 0.3) is 0 Å². The molecule has 0 bridgehead atoms. The molecule has 368 valence electrons. The fraction of sp³-hybridized carbons (Fsp3) is 0. The minimum Gasteiger partial charge on any atom is -0.356 e. The maximum atomic E-state index is 4.97. The first-order valence-electron chi connectivity index (χ1n) is 25.4. The van der Waals surface area contributed by atoms with Gasteiger partial charge >= 0.3 is 0 Å². The zero-order valence-electron chi connectivity index (χ0n) is 41.7. The lowest BCUT2D eigenvalue weighted by Gasteiger charge is -2.26. The highest BCUT2D eigenvalue weighted by Gasteiger charge is 2.18. The van der Waals surface area contributed by atoms with E-state index in [-0.39, 0.29) is 0 Å². The molecule has 0 amide bonds. The van der Waals surface area contributed by atoms with E-state index in [1.54, 1.807) is 6.20 Å². The molecule has 4 heterocycles. The highest BCUT2D eigenvalue weighted by atomic mass is 79.9. The van der Waals surface area contributed by atoms with Crippen LogP contribution < -0.4 is 10.2 Å². The Balaban J connectivity index is 0.000000129. The molecule has 0 atom stereocenters. The molecule has 14 rings (SSSR count). The number of nitrogens with one attached hydrogen (secondary N) is 1. The van der Waals surface area contributed by atoms with Gasteiger partial charge in [0.15, 0.2) is 11.3 Å². The second-order valence-corrected chi connectivity index (χ2v) is 19.1. The minimum absolute atomic E-state index is 0.847. The predicted molar refractivity (Wildman–Crippen MR) is 322 cm³/mol. The van der Waals surface area contributed by atoms with Crippen LogP contribution >= 0.6 is 15.9 Å². The Hall–Kier alpha value is -9.96. The highest BCUT2D eigenvalue weighted by Crippen LogP contribution is 2.38. The molecule has 8 nitrogen and oxygen atoms in total. The molecule has 0 radical (unpaired) electrons. The SMILES string of the molecule is Brc1ccc(-c2nc3cccnc3n2-c2ccccc2)cc1.c1ccc(N(c2ccc(-c3nc4cccnc4n3-c3ccccc3)cc2)c2ccc3ccccc3c2)cc1.c1ccc(Nc2ccc3ccccc3c2)cc1. The summed E-state index contributed by atoms with van der Waals surface area (Å²) in [5, 5.41) is 8.37. The zero-order valence-corrected chi connectivity index (χ0v) is 43.3. The predicted octanol–water partition coefficient (Wildman–Crippen LogP) is 18.1. The number of hydrogen-bond acceptors (Lipinski definition) is 6. The van der Waals surface area contributed by atoms with Crippen molar-refractivity contribution in [2.45, 2.75) is 0 Å². The average molecular weight is 1060 g/mol. The fourth-order valence-electron chi connectivity index (χ4n) is 9.51. The van der Waals surface area contributed by atoms with E-state index >= 15 is 0 Å². The Bertz CT molecular complexity index is 4240. The first-order valence-corrected chi connectivity index (χ1v) is 26.2. The van der Waals surface area contributed by atoms with Gasteiger partial charge in [-0.1, -0.05) is 162 Å². The van der Waals surface area contributed by atoms with Crippen LogP contribution in [0, 0.1) is 0 Å². The van der Waals surface area contributed by atoms with Crippen LogP contribution in [-0.4, -0.2) is 29.1 Å². The molecular weight excluding hydrogens is 1010 g/mol. The van der Waals surface area contributed by atoms with Crippen LogP contribution in [0.1, 0.15) is 0 Å². The van der Waals surface area contributed by atoms with Gasteiger partial charge < -0.3 is 10.2 Å². The summed E-state index contributed by atoms with van der Waals surface area (Å²) >= 11 is 3.48. The molecular formula is C68H49BrN8. The van der Waals surface area contributed by atoms with Crippen molar-refractivity contribution in [2.75, 3.05) is 10.2 Å². The Kier molecular flexibility index (Phi) is 13.9. The second-order valence-electron chi connectivity index (χ2n) is 18.2. The first-order chi connectivity index (χ1) is 38.1. The fourth-order valence-corrected chi connectivity index (χ4v) is 9.77. The molecule has 0 saturated carbocycles. The molecule has 14 aromatic rings. The number of fused-ring (bicyclic) bond motifs is 4. The molecule has 9 heteroatoms. The van der Waals surface area contributed by atoms with Gasteiger partial charge in [-0.3, -0.25) is 9.13 Å². The van der Waals surface area contributed by atoms with Crippen LogP contribution in [-0.2, 0) is 0 Å². The number of hydrogen-bond donors (Lipinski definition) is 1. The Morgan fingerprint density at radius 1 is 0.338 bits per heavy atom. The molecule has 0 unspecified atom stereocenters. The van der Waals surface area contributed by atoms with Crippen molar-refractivity contribution in [3.05, 3.63) is 296 Å². The number of anilines is 5. The van der Waals surface area contributed by atoms with Gasteiger partial charge in [-0.2, -0.15) is 0 Å². The lowest BCUT2D eigenvalue weighted by molar-refractivity contribution is 1.08. The van der Waals surface area contributed by atoms with Gasteiger partial charge in [0.2, 0.25) is 0 Å². The van der Waals surface area contributed by atoms with Gasteiger partial charge in [-0.25, -0.2) is 19.9 Å². The van der Waals surface area contributed by atoms with Crippen LogP contribution in [0.2, 0.25) is 0 Å². The number of halogens is 1. The van der Waals surface area contributed by atoms with E-state index in [2.05, 4.69) is 227 Å². The van der Waals surface area contributed by atoms with Gasteiger partial charge in [0, 0.05) is 67.8 Å². The number of imidazole rings is 2. The monoisotopic (exact) mass is 1060 g/mol. The van der Waals surface area contributed by atoms with E-state index in [4.69, 9.17) is 9.97 Å². The third-order valence-corrected chi connectivity index (χ3v) is 13.7. The summed E-state index contributed by atoms with van der Waals surface area (Å²) < 4.78 is 5.28. The van der Waals surface area contributed by atoms with Crippen LogP contribution in [0.4, 0.5) is 28.4 Å². The summed E-state index contributed by atoms with van der Waals surface area (Å²) in [4.78, 5) is 21.2. The van der Waals surface area contributed by atoms with Crippen molar-refractivity contribution in [3.8, 4) is 34.2 Å². The smallest absolute Gasteiger partial charge is 0.164 e. The van der Waals surface area contributed by atoms with Crippen LogP contribution in [0.15, 0.2) is 296 Å². The molecule has 1 N–H and O–H groups in total. The number of rotatable bonds is 9. The topological polar surface area (TPSA) is 76.7 Å². The van der Waals surface area contributed by atoms with E-state index in [1.165, 1.54) is 21.5 Å². The number of aromatic nitrogens is 6. The summed E-state index contributed by atoms with van der Waals surface area (Å²) in [7, 11) is 0. The summed E-state index contributed by atoms with van der Waals surface area (Å²) in [6, 6.07) is 95.7. The molecule has 77 heavy (non-hydrogen) atoms. The van der Waals surface area contributed by atoms with E-state index in [0.29, 0.717) is 0 Å². The Morgan fingerprint density at radius 3 is 1.31 bits per heavy atom. The minimum atomic E-state index is 0.847. The lowest BCUT2D eigenvalue weighted by Crippen LogP contribution is -2.09. The van der Waals surface area contributed by atoms with Crippen LogP contribution in [0.5, 0.6) is 0 Å². The third-order valence-electron chi connectivity index (χ3n) is 13.2. The molecule has 10 aromatic carbocycles. The number of nitrogens with zero attached hydrogens (tertiary/aromatic N) is 7. The number of pyridine rings is 2. The summed E-state index contributed by atoms with van der Waals surface area (Å²) in [6.07, 6.45) is 3.62. The van der Waals surface area contributed by atoms with Crippen molar-refractivity contribution in [2.24, 2.45) is 0 Å². The lowest BCUT2D eigenvalue weighted by atomic mass is 10.1. The van der Waals surface area contributed by atoms with Crippen molar-refractivity contribution < 1.29 is 0 Å². The largest absolute Gasteiger partial charge is 0.356 e. The standard InChI is InChI=1S/C34H24N4.C18H12BrN3.C16H13N/c1-3-12-28(13-4-1)37(31-22-17-25-10-7-8-11-27(25)24-31)30-20-18-26(19-21-30)33-36-32-16-9-23-35-34(32)38(33)29-14-5-2-6-15-29;19-14-10-8-13(9-11-14)17-21-16-7-4-12-20-18(16)22(17)15-5-2-1-3-6-15;1-2-8-15(9-3-1)17-16-11-10-13-6-4-5-7-14(13)12-16/h1-24H;1-12H;1-12,17H. The molecule has 0 fully saturated rings. The van der Waals surface area contributed by atoms with E-state index < -0.39 is 0 Å². The van der Waals surface area contributed by atoms with Crippen molar-refractivity contribution in [1.29, 1.82) is 0 Å². The van der Waals surface area contributed by atoms with Crippen molar-refractivity contribution in [1.82, 2.24) is 29.1 Å². The average Bonchev–Trinajstić information content (AvgIpc) is 4.09. The van der Waals surface area contributed by atoms with Crippen LogP contribution in [0.3, 0.4) is 0 Å². The van der Waals surface area contributed by atoms with E-state index in [1.807, 2.05) is 103 Å². The summed E-state index contributed by atoms with van der Waals surface area (Å²) in [5.41, 5.74) is 13.2. The first kappa shape index (κ1) is 48.0. The van der Waals surface area contributed by atoms with Gasteiger partial charge in [0.1, 0.15) is 22.7 Å². The maximum Gasteiger partial charge on any atom is 0.164 e. The normalized spacial score (nSPS) is 10.9. The van der Waals surface area contributed by atoms with Crippen molar-refractivity contribution >= 4 is 88.2 Å². The Morgan fingerprint density at radius 2 is 0.766 bits per heavy atom. The molecule has 4 aromatic heterocycles. The number of benzene rings is 10. The molecule has 0 aliphatic heterocycles. The van der Waals surface area contributed by atoms with Crippen LogP contribution in [0.25, 0.3) is 78.0 Å². The molecule has 0 spiro atoms. The quantitative estimate of drug-likeness (QED) is 0.155. The third kappa shape index (κ3) is 10.6. The second kappa shape index (κ2) is 22.3. The van der Waals surface area contributed by atoms with Gasteiger partial charge in [-0.05, 0) is 155 Å². The summed E-state index contributed by atoms with van der Waals surface area (Å²) in [6.45, 7) is 0. The van der Waals surface area contributed by atoms with E-state index in [0.717, 1.165) is 89.4 Å². The maximum absolute atomic E-state index is 4.97. The van der Waals surface area contributed by atoms with Gasteiger partial charge in [0.05, 0.1) is 0 Å². The Labute approximate surface area is 455 Å². The van der Waals surface area contributed by atoms with Crippen molar-refractivity contribution in [3.63, 3.8) is 0 Å². The zero-order chi connectivity index (χ0) is 51.8. The molecule has 0 aliphatic rings. The van der Waals surface area contributed by atoms with E-state index in [9.17, 15) is 0 Å².